The van der Waals surface area contributed by atoms with Crippen LogP contribution in [0.4, 0.5) is 4.79 Å². The van der Waals surface area contributed by atoms with Gasteiger partial charge in [0.2, 0.25) is 0 Å². The Morgan fingerprint density at radius 2 is 1.96 bits per heavy atom. The summed E-state index contributed by atoms with van der Waals surface area (Å²) in [6.07, 6.45) is 2.06. The van der Waals surface area contributed by atoms with Gasteiger partial charge in [0.25, 0.3) is 0 Å². The second-order valence-corrected chi connectivity index (χ2v) is 8.07. The smallest absolute Gasteiger partial charge is 0.410 e. The van der Waals surface area contributed by atoms with Crippen LogP contribution in [-0.4, -0.2) is 48.2 Å². The van der Waals surface area contributed by atoms with Crippen LogP contribution in [0.1, 0.15) is 44.7 Å². The number of hydrogen-bond donors (Lipinski definition) is 0. The molecule has 1 aliphatic rings. The van der Waals surface area contributed by atoms with Crippen LogP contribution in [0.5, 0.6) is 0 Å². The van der Waals surface area contributed by atoms with E-state index in [0.717, 1.165) is 39.0 Å². The number of amides is 1. The van der Waals surface area contributed by atoms with Crippen molar-refractivity contribution in [3.05, 3.63) is 35.4 Å². The van der Waals surface area contributed by atoms with Crippen LogP contribution in [0.25, 0.3) is 0 Å². The molecule has 1 aliphatic heterocycles. The highest BCUT2D eigenvalue weighted by Crippen LogP contribution is 2.21. The Balaban J connectivity index is 1.75. The topological polar surface area (TPSA) is 32.8 Å². The quantitative estimate of drug-likeness (QED) is 0.833. The molecule has 24 heavy (non-hydrogen) atoms. The van der Waals surface area contributed by atoms with Crippen molar-refractivity contribution in [3.63, 3.8) is 0 Å². The molecule has 0 saturated carbocycles. The van der Waals surface area contributed by atoms with Crippen LogP contribution in [0, 0.1) is 12.8 Å². The van der Waals surface area contributed by atoms with E-state index in [0.29, 0.717) is 5.92 Å². The Morgan fingerprint density at radius 1 is 1.29 bits per heavy atom. The fourth-order valence-corrected chi connectivity index (χ4v) is 3.20. The zero-order chi connectivity index (χ0) is 17.7. The van der Waals surface area contributed by atoms with Crippen molar-refractivity contribution in [1.82, 2.24) is 9.80 Å². The molecule has 4 nitrogen and oxygen atoms in total. The molecule has 4 heteroatoms. The highest BCUT2D eigenvalue weighted by Gasteiger charge is 2.24. The zero-order valence-corrected chi connectivity index (χ0v) is 15.8. The van der Waals surface area contributed by atoms with Gasteiger partial charge in [0.05, 0.1) is 0 Å². The average molecular weight is 332 g/mol. The second-order valence-electron chi connectivity index (χ2n) is 8.07. The molecule has 2 rings (SSSR count). The van der Waals surface area contributed by atoms with Crippen molar-refractivity contribution < 1.29 is 9.53 Å². The van der Waals surface area contributed by atoms with Crippen molar-refractivity contribution in [2.75, 3.05) is 26.7 Å². The van der Waals surface area contributed by atoms with Gasteiger partial charge in [-0.3, -0.25) is 4.90 Å². The minimum absolute atomic E-state index is 0.218. The molecule has 0 aromatic heterocycles. The molecule has 0 unspecified atom stereocenters. The molecule has 1 saturated heterocycles. The Bertz CT molecular complexity index is 543. The summed E-state index contributed by atoms with van der Waals surface area (Å²) in [6, 6.07) is 8.74. The summed E-state index contributed by atoms with van der Waals surface area (Å²) in [7, 11) is 1.84. The number of carbonyl (C=O) groups is 1. The lowest BCUT2D eigenvalue weighted by atomic mass is 9.96. The Labute approximate surface area is 146 Å². The molecule has 0 spiro atoms. The van der Waals surface area contributed by atoms with Gasteiger partial charge in [-0.25, -0.2) is 4.79 Å². The normalized spacial score (nSPS) is 16.9. The van der Waals surface area contributed by atoms with Gasteiger partial charge in [0.1, 0.15) is 5.60 Å². The van der Waals surface area contributed by atoms with E-state index in [4.69, 9.17) is 4.74 Å². The maximum Gasteiger partial charge on any atom is 0.410 e. The summed E-state index contributed by atoms with van der Waals surface area (Å²) in [5, 5.41) is 0. The van der Waals surface area contributed by atoms with E-state index < -0.39 is 5.60 Å². The zero-order valence-electron chi connectivity index (χ0n) is 15.8. The number of hydrogen-bond acceptors (Lipinski definition) is 3. The van der Waals surface area contributed by atoms with Crippen molar-refractivity contribution in [3.8, 4) is 0 Å². The molecular formula is C20H32N2O2. The predicted molar refractivity (Wildman–Crippen MR) is 98.0 cm³/mol. The van der Waals surface area contributed by atoms with Crippen LogP contribution in [0.3, 0.4) is 0 Å². The summed E-state index contributed by atoms with van der Waals surface area (Å²) in [4.78, 5) is 16.3. The number of piperidine rings is 1. The Kier molecular flexibility index (Phi) is 6.27. The van der Waals surface area contributed by atoms with Gasteiger partial charge in [-0.1, -0.05) is 29.8 Å². The summed E-state index contributed by atoms with van der Waals surface area (Å²) in [5.74, 6) is 0.566. The lowest BCUT2D eigenvalue weighted by molar-refractivity contribution is 0.0249. The fraction of sp³-hybridized carbons (Fsp3) is 0.650. The van der Waals surface area contributed by atoms with Crippen LogP contribution in [0.15, 0.2) is 24.3 Å². The van der Waals surface area contributed by atoms with Crippen molar-refractivity contribution in [2.24, 2.45) is 5.92 Å². The fourth-order valence-electron chi connectivity index (χ4n) is 3.20. The number of carbonyl (C=O) groups excluding carboxylic acids is 1. The molecule has 0 bridgehead atoms. The second kappa shape index (κ2) is 8.02. The first-order valence-electron chi connectivity index (χ1n) is 8.95. The number of ether oxygens (including phenoxy) is 1. The molecule has 0 radical (unpaired) electrons. The van der Waals surface area contributed by atoms with Gasteiger partial charge in [-0.05, 0) is 65.1 Å². The first-order valence-corrected chi connectivity index (χ1v) is 8.95. The van der Waals surface area contributed by atoms with Gasteiger partial charge in [-0.2, -0.15) is 0 Å². The standard InChI is InChI=1S/C20H32N2O2/c1-16-7-6-8-18(13-16)15-22-11-9-17(10-12-22)14-21(5)19(23)24-20(2,3)4/h6-8,13,17H,9-12,14-15H2,1-5H3. The minimum Gasteiger partial charge on any atom is -0.444 e. The molecule has 0 N–H and O–H groups in total. The number of rotatable bonds is 4. The van der Waals surface area contributed by atoms with Crippen LogP contribution in [0.2, 0.25) is 0 Å². The van der Waals surface area contributed by atoms with E-state index in [1.54, 1.807) is 4.90 Å². The molecule has 0 aliphatic carbocycles. The lowest BCUT2D eigenvalue weighted by Gasteiger charge is -2.34. The summed E-state index contributed by atoms with van der Waals surface area (Å²) in [5.41, 5.74) is 2.28. The number of likely N-dealkylation sites (tertiary alicyclic amines) is 1. The van der Waals surface area contributed by atoms with E-state index in [1.165, 1.54) is 11.1 Å². The monoisotopic (exact) mass is 332 g/mol. The molecule has 134 valence electrons. The van der Waals surface area contributed by atoms with E-state index in [-0.39, 0.29) is 6.09 Å². The minimum atomic E-state index is -0.428. The summed E-state index contributed by atoms with van der Waals surface area (Å²) >= 11 is 0. The number of aryl methyl sites for hydroxylation is 1. The van der Waals surface area contributed by atoms with Crippen molar-refractivity contribution in [2.45, 2.75) is 52.7 Å². The van der Waals surface area contributed by atoms with E-state index in [9.17, 15) is 4.79 Å². The third-order valence-electron chi connectivity index (χ3n) is 4.43. The number of nitrogens with zero attached hydrogens (tertiary/aromatic N) is 2. The molecular weight excluding hydrogens is 300 g/mol. The van der Waals surface area contributed by atoms with Crippen LogP contribution >= 0.6 is 0 Å². The first-order chi connectivity index (χ1) is 11.2. The van der Waals surface area contributed by atoms with E-state index in [2.05, 4.69) is 36.1 Å². The third kappa shape index (κ3) is 6.16. The van der Waals surface area contributed by atoms with E-state index in [1.807, 2.05) is 27.8 Å². The molecule has 1 heterocycles. The lowest BCUT2D eigenvalue weighted by Crippen LogP contribution is -2.41. The van der Waals surface area contributed by atoms with Crippen LogP contribution in [-0.2, 0) is 11.3 Å². The average Bonchev–Trinajstić information content (AvgIpc) is 2.47. The first kappa shape index (κ1) is 18.8. The largest absolute Gasteiger partial charge is 0.444 e. The maximum absolute atomic E-state index is 12.1. The highest BCUT2D eigenvalue weighted by molar-refractivity contribution is 5.67. The SMILES string of the molecule is Cc1cccc(CN2CCC(CN(C)C(=O)OC(C)(C)C)CC2)c1. The van der Waals surface area contributed by atoms with Crippen molar-refractivity contribution >= 4 is 6.09 Å². The van der Waals surface area contributed by atoms with E-state index >= 15 is 0 Å². The van der Waals surface area contributed by atoms with Gasteiger partial charge in [0.15, 0.2) is 0 Å². The Hall–Kier alpha value is -1.55. The maximum atomic E-state index is 12.1. The van der Waals surface area contributed by atoms with Gasteiger partial charge < -0.3 is 9.64 Å². The molecule has 0 atom stereocenters. The summed E-state index contributed by atoms with van der Waals surface area (Å²) < 4.78 is 5.43. The predicted octanol–water partition coefficient (Wildman–Crippen LogP) is 4.07. The Morgan fingerprint density at radius 3 is 2.54 bits per heavy atom. The van der Waals surface area contributed by atoms with Gasteiger partial charge in [0, 0.05) is 20.1 Å². The molecule has 1 fully saturated rings. The highest BCUT2D eigenvalue weighted by atomic mass is 16.6. The third-order valence-corrected chi connectivity index (χ3v) is 4.43. The summed E-state index contributed by atoms with van der Waals surface area (Å²) in [6.45, 7) is 11.9. The van der Waals surface area contributed by atoms with Gasteiger partial charge in [-0.15, -0.1) is 0 Å². The molecule has 1 amide bonds. The molecule has 1 aromatic carbocycles. The van der Waals surface area contributed by atoms with Crippen molar-refractivity contribution in [1.29, 1.82) is 0 Å². The van der Waals surface area contributed by atoms with Crippen LogP contribution < -0.4 is 0 Å². The molecule has 1 aromatic rings. The number of benzene rings is 1. The van der Waals surface area contributed by atoms with Gasteiger partial charge >= 0.3 is 6.09 Å².